The fraction of sp³-hybridized carbons (Fsp3) is 0.375. The number of aromatic nitrogens is 2. The maximum Gasteiger partial charge on any atom is 0.306 e. The highest BCUT2D eigenvalue weighted by Gasteiger charge is 2.13. The van der Waals surface area contributed by atoms with E-state index in [-0.39, 0.29) is 36.2 Å². The summed E-state index contributed by atoms with van der Waals surface area (Å²) in [6, 6.07) is 3.40. The molecule has 1 heterocycles. The van der Waals surface area contributed by atoms with Crippen LogP contribution in [-0.2, 0) is 11.3 Å². The van der Waals surface area contributed by atoms with Gasteiger partial charge in [0.2, 0.25) is 5.91 Å². The molecule has 0 aliphatic heterocycles. The van der Waals surface area contributed by atoms with Crippen LogP contribution in [0.4, 0.5) is 11.4 Å². The third-order valence-electron chi connectivity index (χ3n) is 3.67. The summed E-state index contributed by atoms with van der Waals surface area (Å²) in [6.07, 6.45) is 2.57. The van der Waals surface area contributed by atoms with Crippen molar-refractivity contribution in [3.63, 3.8) is 0 Å². The van der Waals surface area contributed by atoms with Gasteiger partial charge in [0.25, 0.3) is 0 Å². The second kappa shape index (κ2) is 7.12. The smallest absolute Gasteiger partial charge is 0.306 e. The van der Waals surface area contributed by atoms with Crippen LogP contribution in [0.5, 0.6) is 5.75 Å². The lowest BCUT2D eigenvalue weighted by Gasteiger charge is -2.14. The molecule has 1 aromatic carbocycles. The standard InChI is InChI=1S/C16H20N4O4/c1-10(2)13-7-14(11(3)6-15(13)21)18-16(22)4-5-19-9-12(8-17-19)20(23)24/h6-10,21H,4-5H2,1-3H3,(H,18,22). The molecule has 8 nitrogen and oxygen atoms in total. The van der Waals surface area contributed by atoms with E-state index in [0.29, 0.717) is 5.69 Å². The van der Waals surface area contributed by atoms with Gasteiger partial charge in [-0.1, -0.05) is 13.8 Å². The number of hydrogen-bond acceptors (Lipinski definition) is 5. The average Bonchev–Trinajstić information content (AvgIpc) is 2.96. The monoisotopic (exact) mass is 332 g/mol. The molecule has 2 aromatic rings. The van der Waals surface area contributed by atoms with Crippen molar-refractivity contribution in [1.82, 2.24) is 9.78 Å². The van der Waals surface area contributed by atoms with Crippen LogP contribution in [0, 0.1) is 17.0 Å². The zero-order valence-electron chi connectivity index (χ0n) is 13.8. The van der Waals surface area contributed by atoms with Gasteiger partial charge in [0.05, 0.1) is 4.92 Å². The van der Waals surface area contributed by atoms with Crippen LogP contribution < -0.4 is 5.32 Å². The van der Waals surface area contributed by atoms with E-state index in [0.717, 1.165) is 17.3 Å². The SMILES string of the molecule is Cc1cc(O)c(C(C)C)cc1NC(=O)CCn1cc([N+](=O)[O-])cn1. The molecule has 0 unspecified atom stereocenters. The van der Waals surface area contributed by atoms with Gasteiger partial charge in [-0.3, -0.25) is 19.6 Å². The third kappa shape index (κ3) is 4.09. The molecule has 0 atom stereocenters. The Morgan fingerprint density at radius 1 is 1.46 bits per heavy atom. The van der Waals surface area contributed by atoms with Gasteiger partial charge >= 0.3 is 5.69 Å². The Morgan fingerprint density at radius 2 is 2.17 bits per heavy atom. The number of nitrogens with one attached hydrogen (secondary N) is 1. The predicted molar refractivity (Wildman–Crippen MR) is 89.1 cm³/mol. The maximum atomic E-state index is 12.1. The quantitative estimate of drug-likeness (QED) is 0.480. The number of benzene rings is 1. The second-order valence-electron chi connectivity index (χ2n) is 5.90. The van der Waals surface area contributed by atoms with E-state index >= 15 is 0 Å². The molecule has 2 N–H and O–H groups in total. The number of nitro groups is 1. The lowest BCUT2D eigenvalue weighted by molar-refractivity contribution is -0.385. The molecule has 1 aromatic heterocycles. The first kappa shape index (κ1) is 17.5. The number of rotatable bonds is 6. The van der Waals surface area contributed by atoms with Gasteiger partial charge in [0.15, 0.2) is 0 Å². The number of carbonyl (C=O) groups excluding carboxylic acids is 1. The van der Waals surface area contributed by atoms with Crippen molar-refractivity contribution >= 4 is 17.3 Å². The Labute approximate surface area is 139 Å². The Hall–Kier alpha value is -2.90. The largest absolute Gasteiger partial charge is 0.508 e. The lowest BCUT2D eigenvalue weighted by Crippen LogP contribution is -2.15. The van der Waals surface area contributed by atoms with Gasteiger partial charge in [0, 0.05) is 18.7 Å². The highest BCUT2D eigenvalue weighted by Crippen LogP contribution is 2.31. The Kier molecular flexibility index (Phi) is 5.18. The number of aryl methyl sites for hydroxylation is 2. The fourth-order valence-corrected chi connectivity index (χ4v) is 2.30. The van der Waals surface area contributed by atoms with Crippen LogP contribution >= 0.6 is 0 Å². The molecule has 1 amide bonds. The number of aromatic hydroxyl groups is 1. The van der Waals surface area contributed by atoms with Crippen LogP contribution in [0.2, 0.25) is 0 Å². The van der Waals surface area contributed by atoms with Crippen molar-refractivity contribution in [2.24, 2.45) is 0 Å². The molecule has 0 spiro atoms. The van der Waals surface area contributed by atoms with Crippen molar-refractivity contribution in [2.45, 2.75) is 39.7 Å². The predicted octanol–water partition coefficient (Wildman–Crippen LogP) is 2.96. The minimum Gasteiger partial charge on any atom is -0.508 e. The van der Waals surface area contributed by atoms with Crippen LogP contribution in [0.3, 0.4) is 0 Å². The number of hydrogen-bond donors (Lipinski definition) is 2. The summed E-state index contributed by atoms with van der Waals surface area (Å²) in [6.45, 7) is 5.96. The van der Waals surface area contributed by atoms with Gasteiger partial charge < -0.3 is 10.4 Å². The summed E-state index contributed by atoms with van der Waals surface area (Å²) in [7, 11) is 0. The highest BCUT2D eigenvalue weighted by atomic mass is 16.6. The van der Waals surface area contributed by atoms with E-state index < -0.39 is 4.92 Å². The van der Waals surface area contributed by atoms with Crippen molar-refractivity contribution in [3.8, 4) is 5.75 Å². The first-order chi connectivity index (χ1) is 11.3. The third-order valence-corrected chi connectivity index (χ3v) is 3.67. The van der Waals surface area contributed by atoms with Gasteiger partial charge in [-0.25, -0.2) is 0 Å². The lowest BCUT2D eigenvalue weighted by atomic mass is 9.99. The van der Waals surface area contributed by atoms with E-state index in [1.807, 2.05) is 13.8 Å². The molecule has 24 heavy (non-hydrogen) atoms. The van der Waals surface area contributed by atoms with Gasteiger partial charge in [-0.05, 0) is 36.1 Å². The minimum atomic E-state index is -0.531. The molecule has 0 aliphatic rings. The molecule has 0 saturated heterocycles. The Balaban J connectivity index is 2.01. The summed E-state index contributed by atoms with van der Waals surface area (Å²) in [5.41, 5.74) is 2.07. The second-order valence-corrected chi connectivity index (χ2v) is 5.90. The summed E-state index contributed by atoms with van der Waals surface area (Å²) < 4.78 is 1.36. The van der Waals surface area contributed by atoms with Crippen molar-refractivity contribution < 1.29 is 14.8 Å². The number of anilines is 1. The van der Waals surface area contributed by atoms with Crippen molar-refractivity contribution in [2.75, 3.05) is 5.32 Å². The number of carbonyl (C=O) groups is 1. The summed E-state index contributed by atoms with van der Waals surface area (Å²) in [5.74, 6) is 0.117. The number of nitrogens with zero attached hydrogens (tertiary/aromatic N) is 3. The zero-order chi connectivity index (χ0) is 17.9. The summed E-state index contributed by atoms with van der Waals surface area (Å²) in [4.78, 5) is 22.2. The Bertz CT molecular complexity index is 767. The van der Waals surface area contributed by atoms with E-state index in [2.05, 4.69) is 10.4 Å². The van der Waals surface area contributed by atoms with Crippen LogP contribution in [-0.4, -0.2) is 25.7 Å². The molecular weight excluding hydrogens is 312 g/mol. The molecule has 0 fully saturated rings. The van der Waals surface area contributed by atoms with Gasteiger partial charge in [-0.15, -0.1) is 0 Å². The number of phenolic OH excluding ortho intramolecular Hbond substituents is 1. The fourth-order valence-electron chi connectivity index (χ4n) is 2.30. The minimum absolute atomic E-state index is 0.105. The topological polar surface area (TPSA) is 110 Å². The molecule has 8 heteroatoms. The molecular formula is C16H20N4O4. The van der Waals surface area contributed by atoms with Crippen LogP contribution in [0.1, 0.15) is 37.3 Å². The van der Waals surface area contributed by atoms with Crippen LogP contribution in [0.25, 0.3) is 0 Å². The first-order valence-corrected chi connectivity index (χ1v) is 7.58. The number of amides is 1. The van der Waals surface area contributed by atoms with E-state index in [4.69, 9.17) is 0 Å². The van der Waals surface area contributed by atoms with Gasteiger partial charge in [-0.2, -0.15) is 5.10 Å². The van der Waals surface area contributed by atoms with Gasteiger partial charge in [0.1, 0.15) is 18.1 Å². The molecule has 0 radical (unpaired) electrons. The van der Waals surface area contributed by atoms with E-state index in [1.54, 1.807) is 19.1 Å². The average molecular weight is 332 g/mol. The zero-order valence-corrected chi connectivity index (χ0v) is 13.8. The molecule has 0 saturated carbocycles. The number of phenols is 1. The molecule has 0 aliphatic carbocycles. The van der Waals surface area contributed by atoms with Crippen molar-refractivity contribution in [1.29, 1.82) is 0 Å². The molecule has 128 valence electrons. The van der Waals surface area contributed by atoms with E-state index in [9.17, 15) is 20.0 Å². The van der Waals surface area contributed by atoms with Crippen LogP contribution in [0.15, 0.2) is 24.5 Å². The van der Waals surface area contributed by atoms with Crippen molar-refractivity contribution in [3.05, 3.63) is 45.8 Å². The summed E-state index contributed by atoms with van der Waals surface area (Å²) in [5, 5.41) is 27.2. The highest BCUT2D eigenvalue weighted by molar-refractivity contribution is 5.91. The molecule has 0 bridgehead atoms. The maximum absolute atomic E-state index is 12.1. The first-order valence-electron chi connectivity index (χ1n) is 7.58. The van der Waals surface area contributed by atoms with E-state index in [1.165, 1.54) is 10.9 Å². The normalized spacial score (nSPS) is 10.8. The Morgan fingerprint density at radius 3 is 2.75 bits per heavy atom. The summed E-state index contributed by atoms with van der Waals surface area (Å²) >= 11 is 0. The molecule has 2 rings (SSSR count).